The fourth-order valence-electron chi connectivity index (χ4n) is 1.84. The monoisotopic (exact) mass is 192 g/mol. The van der Waals surface area contributed by atoms with Gasteiger partial charge in [-0.1, -0.05) is 44.2 Å². The van der Waals surface area contributed by atoms with Gasteiger partial charge < -0.3 is 5.11 Å². The normalized spacial score (nSPS) is 11.3. The molecule has 0 aromatic heterocycles. The zero-order chi connectivity index (χ0) is 10.6. The summed E-state index contributed by atoms with van der Waals surface area (Å²) in [5.41, 5.74) is 0.193. The molecule has 0 aliphatic carbocycles. The van der Waals surface area contributed by atoms with Crippen LogP contribution in [0, 0.1) is 0 Å². The molecule has 0 spiro atoms. The zero-order valence-corrected chi connectivity index (χ0v) is 8.66. The van der Waals surface area contributed by atoms with Crippen LogP contribution >= 0.6 is 0 Å². The molecule has 76 valence electrons. The molecule has 0 saturated carbocycles. The number of carboxylic acid groups (broad SMARTS) is 1. The largest absolute Gasteiger partial charge is 0.481 e. The molecule has 0 radical (unpaired) electrons. The first kappa shape index (κ1) is 10.8. The molecule has 2 nitrogen and oxygen atoms in total. The summed E-state index contributed by atoms with van der Waals surface area (Å²) in [6, 6.07) is 9.46. The second-order valence-corrected chi connectivity index (χ2v) is 3.46. The summed E-state index contributed by atoms with van der Waals surface area (Å²) in [4.78, 5) is 11.3. The lowest BCUT2D eigenvalue weighted by atomic mass is 9.76. The first-order valence-corrected chi connectivity index (χ1v) is 4.96. The zero-order valence-electron chi connectivity index (χ0n) is 8.66. The minimum atomic E-state index is -0.728. The topological polar surface area (TPSA) is 37.3 Å². The summed E-state index contributed by atoms with van der Waals surface area (Å²) in [6.45, 7) is 3.84. The molecule has 0 heterocycles. The van der Waals surface area contributed by atoms with Crippen molar-refractivity contribution >= 4 is 5.97 Å². The van der Waals surface area contributed by atoms with Gasteiger partial charge in [0.2, 0.25) is 0 Å². The summed E-state index contributed by atoms with van der Waals surface area (Å²) in [6.07, 6.45) is 1.26. The Hall–Kier alpha value is -1.31. The van der Waals surface area contributed by atoms with Gasteiger partial charge in [-0.2, -0.15) is 0 Å². The van der Waals surface area contributed by atoms with Gasteiger partial charge in [0.1, 0.15) is 0 Å². The van der Waals surface area contributed by atoms with Crippen LogP contribution in [0.4, 0.5) is 0 Å². The Morgan fingerprint density at radius 2 is 1.71 bits per heavy atom. The van der Waals surface area contributed by atoms with Crippen LogP contribution in [0.2, 0.25) is 0 Å². The van der Waals surface area contributed by atoms with Gasteiger partial charge in [-0.25, -0.2) is 0 Å². The van der Waals surface area contributed by atoms with Crippen molar-refractivity contribution in [2.75, 3.05) is 0 Å². The second kappa shape index (κ2) is 4.27. The third kappa shape index (κ3) is 1.65. The molecule has 1 aromatic rings. The van der Waals surface area contributed by atoms with E-state index in [0.717, 1.165) is 5.56 Å². The Morgan fingerprint density at radius 3 is 2.07 bits per heavy atom. The minimum Gasteiger partial charge on any atom is -0.481 e. The number of aliphatic carboxylic acids is 1. The van der Waals surface area contributed by atoms with Crippen molar-refractivity contribution in [2.24, 2.45) is 0 Å². The average molecular weight is 192 g/mol. The molecule has 0 aliphatic heterocycles. The van der Waals surface area contributed by atoms with Gasteiger partial charge in [0.05, 0.1) is 5.41 Å². The number of rotatable bonds is 4. The molecule has 0 atom stereocenters. The van der Waals surface area contributed by atoms with Crippen LogP contribution in [0.3, 0.4) is 0 Å². The summed E-state index contributed by atoms with van der Waals surface area (Å²) in [7, 11) is 0. The molecule has 1 N–H and O–H groups in total. The molecule has 0 aliphatic rings. The van der Waals surface area contributed by atoms with E-state index in [0.29, 0.717) is 12.8 Å². The van der Waals surface area contributed by atoms with Gasteiger partial charge in [0, 0.05) is 0 Å². The third-order valence-electron chi connectivity index (χ3n) is 2.94. The van der Waals surface area contributed by atoms with E-state index >= 15 is 0 Å². The van der Waals surface area contributed by atoms with Crippen LogP contribution in [-0.4, -0.2) is 11.1 Å². The van der Waals surface area contributed by atoms with Crippen molar-refractivity contribution in [2.45, 2.75) is 32.1 Å². The van der Waals surface area contributed by atoms with Gasteiger partial charge in [-0.3, -0.25) is 4.79 Å². The number of hydrogen-bond donors (Lipinski definition) is 1. The number of benzene rings is 1. The highest BCUT2D eigenvalue weighted by atomic mass is 16.4. The predicted octanol–water partition coefficient (Wildman–Crippen LogP) is 2.83. The number of carbonyl (C=O) groups is 1. The molecule has 0 saturated heterocycles. The van der Waals surface area contributed by atoms with Gasteiger partial charge in [-0.05, 0) is 18.4 Å². The third-order valence-corrected chi connectivity index (χ3v) is 2.94. The van der Waals surface area contributed by atoms with E-state index in [4.69, 9.17) is 0 Å². The molecule has 14 heavy (non-hydrogen) atoms. The lowest BCUT2D eigenvalue weighted by Crippen LogP contribution is -2.34. The number of carboxylic acids is 1. The molecule has 2 heteroatoms. The Morgan fingerprint density at radius 1 is 1.21 bits per heavy atom. The van der Waals surface area contributed by atoms with Crippen LogP contribution in [-0.2, 0) is 10.2 Å². The Labute approximate surface area is 84.6 Å². The lowest BCUT2D eigenvalue weighted by Gasteiger charge is -2.27. The van der Waals surface area contributed by atoms with Crippen molar-refractivity contribution in [1.82, 2.24) is 0 Å². The standard InChI is InChI=1S/C12H16O2/c1-3-12(4-2,11(13)14)10-8-6-5-7-9-10/h5-9H,3-4H2,1-2H3,(H,13,14). The van der Waals surface area contributed by atoms with Gasteiger partial charge in [0.15, 0.2) is 0 Å². The molecule has 0 fully saturated rings. The quantitative estimate of drug-likeness (QED) is 0.796. The van der Waals surface area contributed by atoms with E-state index in [1.165, 1.54) is 0 Å². The van der Waals surface area contributed by atoms with Crippen LogP contribution < -0.4 is 0 Å². The molecular formula is C12H16O2. The molecule has 0 unspecified atom stereocenters. The van der Waals surface area contributed by atoms with E-state index in [1.807, 2.05) is 44.2 Å². The molecular weight excluding hydrogens is 176 g/mol. The van der Waals surface area contributed by atoms with Crippen LogP contribution in [0.25, 0.3) is 0 Å². The summed E-state index contributed by atoms with van der Waals surface area (Å²) < 4.78 is 0. The van der Waals surface area contributed by atoms with E-state index in [2.05, 4.69) is 0 Å². The van der Waals surface area contributed by atoms with E-state index in [1.54, 1.807) is 0 Å². The average Bonchev–Trinajstić information content (AvgIpc) is 2.22. The van der Waals surface area contributed by atoms with E-state index < -0.39 is 11.4 Å². The summed E-state index contributed by atoms with van der Waals surface area (Å²) in [5, 5.41) is 9.28. The highest BCUT2D eigenvalue weighted by Gasteiger charge is 2.36. The van der Waals surface area contributed by atoms with Crippen molar-refractivity contribution in [3.63, 3.8) is 0 Å². The highest BCUT2D eigenvalue weighted by Crippen LogP contribution is 2.31. The fourth-order valence-corrected chi connectivity index (χ4v) is 1.84. The maximum atomic E-state index is 11.3. The second-order valence-electron chi connectivity index (χ2n) is 3.46. The minimum absolute atomic E-state index is 0.628. The molecule has 0 bridgehead atoms. The maximum Gasteiger partial charge on any atom is 0.314 e. The van der Waals surface area contributed by atoms with Crippen LogP contribution in [0.15, 0.2) is 30.3 Å². The van der Waals surface area contributed by atoms with E-state index in [9.17, 15) is 9.90 Å². The molecule has 1 aromatic carbocycles. The lowest BCUT2D eigenvalue weighted by molar-refractivity contribution is -0.144. The van der Waals surface area contributed by atoms with Crippen molar-refractivity contribution in [3.05, 3.63) is 35.9 Å². The van der Waals surface area contributed by atoms with E-state index in [-0.39, 0.29) is 0 Å². The first-order valence-electron chi connectivity index (χ1n) is 4.96. The van der Waals surface area contributed by atoms with Crippen molar-refractivity contribution in [3.8, 4) is 0 Å². The van der Waals surface area contributed by atoms with Crippen LogP contribution in [0.1, 0.15) is 32.3 Å². The maximum absolute atomic E-state index is 11.3. The Kier molecular flexibility index (Phi) is 3.28. The molecule has 1 rings (SSSR count). The number of hydrogen-bond acceptors (Lipinski definition) is 1. The fraction of sp³-hybridized carbons (Fsp3) is 0.417. The van der Waals surface area contributed by atoms with Gasteiger partial charge in [0.25, 0.3) is 0 Å². The first-order chi connectivity index (χ1) is 6.67. The Bertz CT molecular complexity index is 299. The SMILES string of the molecule is CCC(CC)(C(=O)O)c1ccccc1. The summed E-state index contributed by atoms with van der Waals surface area (Å²) in [5.74, 6) is -0.728. The van der Waals surface area contributed by atoms with Crippen molar-refractivity contribution < 1.29 is 9.90 Å². The molecule has 0 amide bonds. The van der Waals surface area contributed by atoms with Crippen LogP contribution in [0.5, 0.6) is 0 Å². The predicted molar refractivity (Wildman–Crippen MR) is 56.3 cm³/mol. The Balaban J connectivity index is 3.18. The van der Waals surface area contributed by atoms with Gasteiger partial charge >= 0.3 is 5.97 Å². The highest BCUT2D eigenvalue weighted by molar-refractivity contribution is 5.81. The smallest absolute Gasteiger partial charge is 0.314 e. The van der Waals surface area contributed by atoms with Gasteiger partial charge in [-0.15, -0.1) is 0 Å². The summed E-state index contributed by atoms with van der Waals surface area (Å²) >= 11 is 0. The van der Waals surface area contributed by atoms with Crippen molar-refractivity contribution in [1.29, 1.82) is 0 Å².